The zero-order chi connectivity index (χ0) is 33.4. The molecule has 1 saturated carbocycles. The smallest absolute Gasteiger partial charge is 0.264 e. The van der Waals surface area contributed by atoms with Gasteiger partial charge in [-0.25, -0.2) is 8.42 Å². The quantitative estimate of drug-likeness (QED) is 0.159. The minimum atomic E-state index is -4.26. The molecule has 1 atom stereocenters. The van der Waals surface area contributed by atoms with Crippen molar-refractivity contribution in [3.05, 3.63) is 129 Å². The summed E-state index contributed by atoms with van der Waals surface area (Å²) in [6.07, 6.45) is 5.22. The molecule has 0 aliphatic heterocycles. The van der Waals surface area contributed by atoms with Crippen molar-refractivity contribution < 1.29 is 18.0 Å². The molecule has 7 nitrogen and oxygen atoms in total. The number of nitrogens with zero attached hydrogens (tertiary/aromatic N) is 2. The average Bonchev–Trinajstić information content (AvgIpc) is 3.07. The molecule has 1 unspecified atom stereocenters. The maximum atomic E-state index is 14.6. The van der Waals surface area contributed by atoms with E-state index in [-0.39, 0.29) is 35.5 Å². The number of hydrogen-bond donors (Lipinski definition) is 1. The first-order valence-corrected chi connectivity index (χ1v) is 18.5. The van der Waals surface area contributed by atoms with Gasteiger partial charge in [0.1, 0.15) is 12.6 Å². The highest BCUT2D eigenvalue weighted by molar-refractivity contribution is 9.10. The number of benzene rings is 4. The largest absolute Gasteiger partial charge is 0.352 e. The molecule has 47 heavy (non-hydrogen) atoms. The number of carbonyl (C=O) groups excluding carboxylic acids is 2. The van der Waals surface area contributed by atoms with Crippen molar-refractivity contribution in [3.8, 4) is 0 Å². The molecule has 4 aromatic carbocycles. The third kappa shape index (κ3) is 9.38. The van der Waals surface area contributed by atoms with Gasteiger partial charge in [-0.2, -0.15) is 0 Å². The van der Waals surface area contributed by atoms with Gasteiger partial charge in [0.2, 0.25) is 11.8 Å². The van der Waals surface area contributed by atoms with Crippen molar-refractivity contribution in [2.75, 3.05) is 10.8 Å². The first-order chi connectivity index (χ1) is 22.6. The first kappa shape index (κ1) is 35.0. The Morgan fingerprint density at radius 3 is 2.15 bits per heavy atom. The minimum absolute atomic E-state index is 0.0207. The zero-order valence-corrected chi connectivity index (χ0v) is 29.6. The molecule has 0 saturated heterocycles. The van der Waals surface area contributed by atoms with Crippen LogP contribution in [0.25, 0.3) is 0 Å². The summed E-state index contributed by atoms with van der Waals surface area (Å²) in [5.74, 6) is -0.800. The first-order valence-electron chi connectivity index (χ1n) is 15.5. The average molecular weight is 758 g/mol. The second-order valence-electron chi connectivity index (χ2n) is 11.6. The Hall–Kier alpha value is -3.37. The molecule has 11 heteroatoms. The van der Waals surface area contributed by atoms with Gasteiger partial charge in [-0.3, -0.25) is 13.9 Å². The molecule has 0 heterocycles. The van der Waals surface area contributed by atoms with Crippen molar-refractivity contribution in [2.24, 2.45) is 0 Å². The summed E-state index contributed by atoms with van der Waals surface area (Å²) < 4.78 is 30.2. The van der Waals surface area contributed by atoms with Gasteiger partial charge in [0.05, 0.1) is 10.6 Å². The molecule has 1 aliphatic rings. The van der Waals surface area contributed by atoms with Crippen LogP contribution in [0.3, 0.4) is 0 Å². The molecule has 1 aliphatic carbocycles. The summed E-state index contributed by atoms with van der Waals surface area (Å²) >= 11 is 15.8. The molecule has 0 aromatic heterocycles. The van der Waals surface area contributed by atoms with Crippen molar-refractivity contribution in [1.82, 2.24) is 10.2 Å². The van der Waals surface area contributed by atoms with E-state index >= 15 is 0 Å². The van der Waals surface area contributed by atoms with Gasteiger partial charge < -0.3 is 10.2 Å². The van der Waals surface area contributed by atoms with Crippen LogP contribution < -0.4 is 9.62 Å². The van der Waals surface area contributed by atoms with E-state index in [9.17, 15) is 18.0 Å². The Morgan fingerprint density at radius 2 is 1.49 bits per heavy atom. The second kappa shape index (κ2) is 16.2. The van der Waals surface area contributed by atoms with Crippen LogP contribution in [-0.4, -0.2) is 43.8 Å². The SMILES string of the molecule is O=C(NC1CCCCC1)C(Cc1ccccc1)N(Cc1ccc(Br)cc1)C(=O)CN(c1cccc(Cl)c1)S(=O)(=O)c1ccc(Cl)cc1. The highest BCUT2D eigenvalue weighted by atomic mass is 79.9. The van der Waals surface area contributed by atoms with E-state index in [0.29, 0.717) is 10.0 Å². The van der Waals surface area contributed by atoms with Crippen molar-refractivity contribution in [2.45, 2.75) is 62.0 Å². The lowest BCUT2D eigenvalue weighted by Gasteiger charge is -2.35. The van der Waals surface area contributed by atoms with Crippen molar-refractivity contribution in [1.29, 1.82) is 0 Å². The summed E-state index contributed by atoms with van der Waals surface area (Å²) in [6.45, 7) is -0.476. The molecule has 246 valence electrons. The van der Waals surface area contributed by atoms with Gasteiger partial charge in [-0.1, -0.05) is 107 Å². The van der Waals surface area contributed by atoms with E-state index in [0.717, 1.165) is 52.0 Å². The molecule has 0 bridgehead atoms. The number of sulfonamides is 1. The van der Waals surface area contributed by atoms with Gasteiger partial charge in [0, 0.05) is 33.5 Å². The third-order valence-electron chi connectivity index (χ3n) is 8.27. The van der Waals surface area contributed by atoms with Crippen LogP contribution in [0.2, 0.25) is 10.0 Å². The topological polar surface area (TPSA) is 86.8 Å². The molecule has 2 amide bonds. The van der Waals surface area contributed by atoms with E-state index in [4.69, 9.17) is 23.2 Å². The molecule has 1 fully saturated rings. The van der Waals surface area contributed by atoms with Gasteiger partial charge >= 0.3 is 0 Å². The van der Waals surface area contributed by atoms with E-state index in [1.807, 2.05) is 54.6 Å². The number of nitrogens with one attached hydrogen (secondary N) is 1. The van der Waals surface area contributed by atoms with Crippen LogP contribution in [0.5, 0.6) is 0 Å². The second-order valence-corrected chi connectivity index (χ2v) is 15.3. The number of amides is 2. The fourth-order valence-electron chi connectivity index (χ4n) is 5.78. The number of halogens is 3. The van der Waals surface area contributed by atoms with E-state index in [1.165, 1.54) is 35.2 Å². The van der Waals surface area contributed by atoms with Gasteiger partial charge in [0.15, 0.2) is 0 Å². The maximum absolute atomic E-state index is 14.6. The number of hydrogen-bond acceptors (Lipinski definition) is 4. The predicted molar refractivity (Wildman–Crippen MR) is 191 cm³/mol. The van der Waals surface area contributed by atoms with Gasteiger partial charge in [-0.05, 0) is 78.6 Å². The molecular formula is C36H36BrCl2N3O4S. The Kier molecular flexibility index (Phi) is 12.0. The summed E-state index contributed by atoms with van der Waals surface area (Å²) in [5.41, 5.74) is 1.89. The summed E-state index contributed by atoms with van der Waals surface area (Å²) in [4.78, 5) is 30.3. The molecule has 4 aromatic rings. The molecular weight excluding hydrogens is 721 g/mol. The Morgan fingerprint density at radius 1 is 0.809 bits per heavy atom. The number of rotatable bonds is 12. The minimum Gasteiger partial charge on any atom is -0.352 e. The lowest BCUT2D eigenvalue weighted by Crippen LogP contribution is -2.55. The summed E-state index contributed by atoms with van der Waals surface area (Å²) in [6, 6.07) is 28.2. The highest BCUT2D eigenvalue weighted by Crippen LogP contribution is 2.28. The van der Waals surface area contributed by atoms with E-state index in [2.05, 4.69) is 21.2 Å². The predicted octanol–water partition coefficient (Wildman–Crippen LogP) is 8.04. The van der Waals surface area contributed by atoms with Crippen LogP contribution in [-0.2, 0) is 32.6 Å². The number of anilines is 1. The van der Waals surface area contributed by atoms with Crippen LogP contribution in [0.1, 0.15) is 43.2 Å². The summed E-state index contributed by atoms with van der Waals surface area (Å²) in [7, 11) is -4.26. The van der Waals surface area contributed by atoms with Gasteiger partial charge in [0.25, 0.3) is 10.0 Å². The molecule has 0 radical (unpaired) electrons. The maximum Gasteiger partial charge on any atom is 0.264 e. The lowest BCUT2D eigenvalue weighted by atomic mass is 9.94. The zero-order valence-electron chi connectivity index (χ0n) is 25.7. The van der Waals surface area contributed by atoms with Crippen molar-refractivity contribution >= 4 is 66.7 Å². The van der Waals surface area contributed by atoms with E-state index in [1.54, 1.807) is 18.2 Å². The third-order valence-corrected chi connectivity index (χ3v) is 11.1. The van der Waals surface area contributed by atoms with E-state index < -0.39 is 28.5 Å². The van der Waals surface area contributed by atoms with Crippen molar-refractivity contribution in [3.63, 3.8) is 0 Å². The molecule has 5 rings (SSSR count). The van der Waals surface area contributed by atoms with Crippen LogP contribution in [0, 0.1) is 0 Å². The highest BCUT2D eigenvalue weighted by Gasteiger charge is 2.35. The Labute approximate surface area is 295 Å². The Balaban J connectivity index is 1.56. The van der Waals surface area contributed by atoms with Crippen LogP contribution in [0.15, 0.2) is 112 Å². The fraction of sp³-hybridized carbons (Fsp3) is 0.278. The monoisotopic (exact) mass is 755 g/mol. The van der Waals surface area contributed by atoms with Crippen LogP contribution in [0.4, 0.5) is 5.69 Å². The van der Waals surface area contributed by atoms with Gasteiger partial charge in [-0.15, -0.1) is 0 Å². The standard InChI is InChI=1S/C36H36BrCl2N3O4S/c37-28-16-14-27(15-17-28)24-41(34(22-26-8-3-1-4-9-26)36(44)40-31-11-5-2-6-12-31)35(43)25-42(32-13-7-10-30(39)23-32)47(45,46)33-20-18-29(38)19-21-33/h1,3-4,7-10,13-21,23,31,34H,2,5-6,11-12,22,24-25H2,(H,40,44). The normalized spacial score (nSPS) is 14.3. The fourth-order valence-corrected chi connectivity index (χ4v) is 7.76. The number of carbonyl (C=O) groups is 2. The lowest BCUT2D eigenvalue weighted by molar-refractivity contribution is -0.140. The molecule has 1 N–H and O–H groups in total. The Bertz CT molecular complexity index is 1770. The van der Waals surface area contributed by atoms with Crippen LogP contribution >= 0.6 is 39.1 Å². The molecule has 0 spiro atoms. The summed E-state index contributed by atoms with van der Waals surface area (Å²) in [5, 5.41) is 3.91.